The highest BCUT2D eigenvalue weighted by atomic mass is 35.5. The van der Waals surface area contributed by atoms with E-state index in [1.807, 2.05) is 25.1 Å². The number of carbonyl (C=O) groups excluding carboxylic acids is 1. The zero-order chi connectivity index (χ0) is 22.7. The van der Waals surface area contributed by atoms with Crippen molar-refractivity contribution in [2.75, 3.05) is 56.1 Å². The van der Waals surface area contributed by atoms with Gasteiger partial charge in [-0.15, -0.1) is 0 Å². The van der Waals surface area contributed by atoms with Gasteiger partial charge in [0.05, 0.1) is 43.7 Å². The molecule has 2 aromatic carbocycles. The number of morpholine rings is 1. The predicted octanol–water partition coefficient (Wildman–Crippen LogP) is 4.69. The monoisotopic (exact) mass is 456 g/mol. The van der Waals surface area contributed by atoms with Gasteiger partial charge >= 0.3 is 6.03 Å². The van der Waals surface area contributed by atoms with E-state index in [-0.39, 0.29) is 0 Å². The second-order valence-electron chi connectivity index (χ2n) is 7.39. The maximum atomic E-state index is 12.6. The molecule has 1 saturated heterocycles. The first-order valence-corrected chi connectivity index (χ1v) is 10.6. The second kappa shape index (κ2) is 9.50. The summed E-state index contributed by atoms with van der Waals surface area (Å²) in [6.07, 6.45) is 0. The van der Waals surface area contributed by atoms with Crippen LogP contribution in [0.5, 0.6) is 11.5 Å². The van der Waals surface area contributed by atoms with Crippen LogP contribution in [-0.4, -0.2) is 51.5 Å². The molecule has 0 radical (unpaired) electrons. The highest BCUT2D eigenvalue weighted by Gasteiger charge is 2.15. The largest absolute Gasteiger partial charge is 0.495 e. The van der Waals surface area contributed by atoms with Crippen LogP contribution < -0.4 is 25.0 Å². The van der Waals surface area contributed by atoms with Gasteiger partial charge in [-0.1, -0.05) is 11.6 Å². The van der Waals surface area contributed by atoms with Crippen LogP contribution in [0.4, 0.5) is 22.0 Å². The first kappa shape index (κ1) is 22.0. The van der Waals surface area contributed by atoms with E-state index in [0.717, 1.165) is 35.4 Å². The number of anilines is 3. The van der Waals surface area contributed by atoms with Crippen LogP contribution in [0.3, 0.4) is 0 Å². The number of nitrogens with zero attached hydrogens (tertiary/aromatic N) is 2. The third-order valence-electron chi connectivity index (χ3n) is 5.32. The molecule has 0 unspecified atom stereocenters. The molecule has 0 bridgehead atoms. The Hall–Kier alpha value is -3.23. The van der Waals surface area contributed by atoms with Gasteiger partial charge in [-0.3, -0.25) is 0 Å². The Balaban J connectivity index is 1.52. The quantitative estimate of drug-likeness (QED) is 0.579. The maximum absolute atomic E-state index is 12.6. The predicted molar refractivity (Wildman–Crippen MR) is 127 cm³/mol. The summed E-state index contributed by atoms with van der Waals surface area (Å²) in [5.41, 5.74) is 3.05. The lowest BCUT2D eigenvalue weighted by atomic mass is 10.1. The van der Waals surface area contributed by atoms with E-state index in [2.05, 4.69) is 21.6 Å². The van der Waals surface area contributed by atoms with Crippen molar-refractivity contribution in [2.24, 2.45) is 0 Å². The van der Waals surface area contributed by atoms with Gasteiger partial charge in [0.1, 0.15) is 17.3 Å². The van der Waals surface area contributed by atoms with Crippen molar-refractivity contribution in [3.8, 4) is 11.5 Å². The molecule has 8 nitrogen and oxygen atoms in total. The molecule has 1 aliphatic heterocycles. The fraction of sp³-hybridized carbons (Fsp3) is 0.304. The van der Waals surface area contributed by atoms with Gasteiger partial charge in [-0.25, -0.2) is 9.78 Å². The topological polar surface area (TPSA) is 85.0 Å². The van der Waals surface area contributed by atoms with E-state index in [1.165, 1.54) is 14.2 Å². The van der Waals surface area contributed by atoms with Crippen molar-refractivity contribution >= 4 is 45.7 Å². The van der Waals surface area contributed by atoms with E-state index in [4.69, 9.17) is 30.8 Å². The molecule has 2 amide bonds. The van der Waals surface area contributed by atoms with Gasteiger partial charge in [-0.2, -0.15) is 0 Å². The number of fused-ring (bicyclic) bond motifs is 1. The number of methoxy groups -OCH3 is 2. The Bertz CT molecular complexity index is 1150. The summed E-state index contributed by atoms with van der Waals surface area (Å²) in [5, 5.41) is 6.96. The minimum atomic E-state index is -0.417. The van der Waals surface area contributed by atoms with Gasteiger partial charge in [0.15, 0.2) is 0 Å². The third kappa shape index (κ3) is 4.66. The molecule has 0 saturated carbocycles. The van der Waals surface area contributed by atoms with Crippen LogP contribution in [0.15, 0.2) is 36.4 Å². The number of pyridine rings is 1. The number of nitrogens with one attached hydrogen (secondary N) is 2. The lowest BCUT2D eigenvalue weighted by Gasteiger charge is -2.28. The molecule has 168 valence electrons. The molecule has 0 atom stereocenters. The molecule has 0 spiro atoms. The Morgan fingerprint density at radius 2 is 1.81 bits per heavy atom. The number of urea groups is 1. The SMILES string of the molecule is COc1cc(OC)c(NC(=O)Nc2ccc3nc(N4CCOCC4)cc(C)c3c2)cc1Cl. The number of amides is 2. The van der Waals surface area contributed by atoms with Crippen LogP contribution in [0.2, 0.25) is 5.02 Å². The van der Waals surface area contributed by atoms with Crippen molar-refractivity contribution < 1.29 is 19.0 Å². The van der Waals surface area contributed by atoms with E-state index in [1.54, 1.807) is 12.1 Å². The fourth-order valence-corrected chi connectivity index (χ4v) is 3.89. The molecule has 1 fully saturated rings. The van der Waals surface area contributed by atoms with Crippen LogP contribution in [0, 0.1) is 6.92 Å². The third-order valence-corrected chi connectivity index (χ3v) is 5.61. The van der Waals surface area contributed by atoms with E-state index < -0.39 is 6.03 Å². The summed E-state index contributed by atoms with van der Waals surface area (Å²) in [6, 6.07) is 10.5. The highest BCUT2D eigenvalue weighted by molar-refractivity contribution is 6.32. The number of carbonyl (C=O) groups is 1. The Labute approximate surface area is 191 Å². The molecular weight excluding hydrogens is 432 g/mol. The second-order valence-corrected chi connectivity index (χ2v) is 7.80. The molecule has 4 rings (SSSR count). The van der Waals surface area contributed by atoms with Crippen molar-refractivity contribution in [3.05, 3.63) is 47.0 Å². The van der Waals surface area contributed by atoms with Gasteiger partial charge in [0, 0.05) is 30.2 Å². The normalized spacial score (nSPS) is 13.7. The molecule has 2 N–H and O–H groups in total. The number of hydrogen-bond donors (Lipinski definition) is 2. The summed E-state index contributed by atoms with van der Waals surface area (Å²) < 4.78 is 15.9. The van der Waals surface area contributed by atoms with E-state index in [0.29, 0.717) is 41.1 Å². The fourth-order valence-electron chi connectivity index (χ4n) is 3.65. The zero-order valence-corrected chi connectivity index (χ0v) is 19.0. The number of aryl methyl sites for hydroxylation is 1. The average Bonchev–Trinajstić information content (AvgIpc) is 2.80. The molecule has 2 heterocycles. The standard InChI is InChI=1S/C23H25ClN4O4/c1-14-10-22(28-6-8-32-9-7-28)26-18-5-4-15(11-16(14)18)25-23(29)27-19-12-17(24)20(30-2)13-21(19)31-3/h4-5,10-13H,6-9H2,1-3H3,(H2,25,27,29). The first-order chi connectivity index (χ1) is 15.5. The number of aromatic nitrogens is 1. The maximum Gasteiger partial charge on any atom is 0.323 e. The van der Waals surface area contributed by atoms with Crippen molar-refractivity contribution in [2.45, 2.75) is 6.92 Å². The van der Waals surface area contributed by atoms with Gasteiger partial charge < -0.3 is 29.7 Å². The lowest BCUT2D eigenvalue weighted by molar-refractivity contribution is 0.122. The lowest BCUT2D eigenvalue weighted by Crippen LogP contribution is -2.36. The number of benzene rings is 2. The van der Waals surface area contributed by atoms with Crippen LogP contribution in [0.25, 0.3) is 10.9 Å². The highest BCUT2D eigenvalue weighted by Crippen LogP contribution is 2.36. The Morgan fingerprint density at radius 1 is 1.06 bits per heavy atom. The number of hydrogen-bond acceptors (Lipinski definition) is 6. The minimum absolute atomic E-state index is 0.368. The molecule has 3 aromatic rings. The van der Waals surface area contributed by atoms with Gasteiger partial charge in [0.2, 0.25) is 0 Å². The Morgan fingerprint density at radius 3 is 2.53 bits per heavy atom. The molecule has 32 heavy (non-hydrogen) atoms. The van der Waals surface area contributed by atoms with Crippen LogP contribution in [-0.2, 0) is 4.74 Å². The number of halogens is 1. The van der Waals surface area contributed by atoms with Crippen molar-refractivity contribution in [1.29, 1.82) is 0 Å². The summed E-state index contributed by atoms with van der Waals surface area (Å²) in [4.78, 5) is 19.6. The number of rotatable bonds is 5. The van der Waals surface area contributed by atoms with Gasteiger partial charge in [-0.05, 0) is 42.8 Å². The summed E-state index contributed by atoms with van der Waals surface area (Å²) in [7, 11) is 3.02. The zero-order valence-electron chi connectivity index (χ0n) is 18.2. The summed E-state index contributed by atoms with van der Waals surface area (Å²) >= 11 is 6.18. The van der Waals surface area contributed by atoms with Crippen LogP contribution >= 0.6 is 11.6 Å². The summed E-state index contributed by atoms with van der Waals surface area (Å²) in [6.45, 7) is 5.12. The Kier molecular flexibility index (Phi) is 6.53. The van der Waals surface area contributed by atoms with Crippen molar-refractivity contribution in [3.63, 3.8) is 0 Å². The first-order valence-electron chi connectivity index (χ1n) is 10.2. The molecule has 1 aliphatic rings. The smallest absolute Gasteiger partial charge is 0.323 e. The van der Waals surface area contributed by atoms with Crippen molar-refractivity contribution in [1.82, 2.24) is 4.98 Å². The minimum Gasteiger partial charge on any atom is -0.495 e. The molecular formula is C23H25ClN4O4. The molecule has 1 aromatic heterocycles. The van der Waals surface area contributed by atoms with Gasteiger partial charge in [0.25, 0.3) is 0 Å². The average molecular weight is 457 g/mol. The van der Waals surface area contributed by atoms with E-state index in [9.17, 15) is 4.79 Å². The van der Waals surface area contributed by atoms with E-state index >= 15 is 0 Å². The van der Waals surface area contributed by atoms with Crippen LogP contribution in [0.1, 0.15) is 5.56 Å². The summed E-state index contributed by atoms with van der Waals surface area (Å²) in [5.74, 6) is 1.85. The molecule has 0 aliphatic carbocycles. The number of ether oxygens (including phenoxy) is 3. The molecule has 9 heteroatoms.